The van der Waals surface area contributed by atoms with Crippen LogP contribution in [0.15, 0.2) is 36.4 Å². The molecule has 1 aromatic carbocycles. The zero-order valence-electron chi connectivity index (χ0n) is 10.6. The van der Waals surface area contributed by atoms with E-state index in [2.05, 4.69) is 20.5 Å². The molecular formula is C14H13N5O. The molecule has 6 heteroatoms. The quantitative estimate of drug-likeness (QED) is 0.626. The standard InChI is InChI=1S/C14H13N5O/c15-14-12-10(18-19-14)8-11(16-6-7-20)17-13(12)9-4-2-1-3-5-9/h1-5,7-8H,6H2,(H,16,17)(H3,15,18,19). The van der Waals surface area contributed by atoms with Crippen LogP contribution in [-0.2, 0) is 4.79 Å². The Morgan fingerprint density at radius 3 is 2.85 bits per heavy atom. The smallest absolute Gasteiger partial charge is 0.155 e. The lowest BCUT2D eigenvalue weighted by atomic mass is 10.1. The fourth-order valence-electron chi connectivity index (χ4n) is 2.11. The molecule has 0 spiro atoms. The lowest BCUT2D eigenvalue weighted by Crippen LogP contribution is -2.04. The molecule has 2 aromatic heterocycles. The highest BCUT2D eigenvalue weighted by atomic mass is 16.1. The normalized spacial score (nSPS) is 10.6. The van der Waals surface area contributed by atoms with Crippen LogP contribution in [0.4, 0.5) is 11.6 Å². The molecule has 0 saturated carbocycles. The van der Waals surface area contributed by atoms with Gasteiger partial charge in [-0.25, -0.2) is 4.98 Å². The zero-order chi connectivity index (χ0) is 13.9. The number of nitrogens with zero attached hydrogens (tertiary/aromatic N) is 2. The molecule has 3 rings (SSSR count). The Morgan fingerprint density at radius 2 is 2.10 bits per heavy atom. The summed E-state index contributed by atoms with van der Waals surface area (Å²) < 4.78 is 0. The van der Waals surface area contributed by atoms with Gasteiger partial charge >= 0.3 is 0 Å². The number of nitrogen functional groups attached to an aromatic ring is 1. The van der Waals surface area contributed by atoms with Crippen LogP contribution in [0.1, 0.15) is 0 Å². The van der Waals surface area contributed by atoms with Crippen molar-refractivity contribution >= 4 is 28.8 Å². The number of benzene rings is 1. The van der Waals surface area contributed by atoms with Gasteiger partial charge in [-0.15, -0.1) is 0 Å². The first kappa shape index (κ1) is 12.2. The summed E-state index contributed by atoms with van der Waals surface area (Å²) in [6, 6.07) is 11.5. The van der Waals surface area contributed by atoms with Crippen LogP contribution >= 0.6 is 0 Å². The number of carbonyl (C=O) groups is 1. The van der Waals surface area contributed by atoms with E-state index in [1.807, 2.05) is 30.3 Å². The second-order valence-corrected chi connectivity index (χ2v) is 4.30. The van der Waals surface area contributed by atoms with Gasteiger partial charge in [0.1, 0.15) is 12.1 Å². The first-order chi connectivity index (χ1) is 9.79. The van der Waals surface area contributed by atoms with Crippen molar-refractivity contribution in [2.45, 2.75) is 0 Å². The molecule has 0 atom stereocenters. The summed E-state index contributed by atoms with van der Waals surface area (Å²) in [7, 11) is 0. The molecular weight excluding hydrogens is 254 g/mol. The van der Waals surface area contributed by atoms with Gasteiger partial charge in [0.15, 0.2) is 5.82 Å². The van der Waals surface area contributed by atoms with E-state index in [1.165, 1.54) is 0 Å². The van der Waals surface area contributed by atoms with Gasteiger partial charge in [-0.05, 0) is 0 Å². The van der Waals surface area contributed by atoms with E-state index < -0.39 is 0 Å². The monoisotopic (exact) mass is 267 g/mol. The minimum absolute atomic E-state index is 0.205. The number of pyridine rings is 1. The Morgan fingerprint density at radius 1 is 1.30 bits per heavy atom. The molecule has 0 aliphatic rings. The summed E-state index contributed by atoms with van der Waals surface area (Å²) in [6.45, 7) is 0.205. The molecule has 6 nitrogen and oxygen atoms in total. The van der Waals surface area contributed by atoms with E-state index in [1.54, 1.807) is 6.07 Å². The average Bonchev–Trinajstić information content (AvgIpc) is 2.87. The molecule has 100 valence electrons. The number of carbonyl (C=O) groups excluding carboxylic acids is 1. The molecule has 3 aromatic rings. The Balaban J connectivity index is 2.21. The number of nitrogens with two attached hydrogens (primary N) is 1. The van der Waals surface area contributed by atoms with Crippen molar-refractivity contribution in [3.63, 3.8) is 0 Å². The molecule has 4 N–H and O–H groups in total. The molecule has 20 heavy (non-hydrogen) atoms. The third-order valence-electron chi connectivity index (χ3n) is 2.99. The Hall–Kier alpha value is -2.89. The van der Waals surface area contributed by atoms with Gasteiger partial charge in [-0.2, -0.15) is 5.10 Å². The molecule has 0 amide bonds. The average molecular weight is 267 g/mol. The lowest BCUT2D eigenvalue weighted by Gasteiger charge is -2.07. The molecule has 0 aliphatic heterocycles. The molecule has 0 fully saturated rings. The van der Waals surface area contributed by atoms with Crippen LogP contribution in [0.2, 0.25) is 0 Å². The van der Waals surface area contributed by atoms with Crippen LogP contribution in [0.25, 0.3) is 22.2 Å². The van der Waals surface area contributed by atoms with Gasteiger partial charge in [0.05, 0.1) is 23.1 Å². The second kappa shape index (κ2) is 5.00. The van der Waals surface area contributed by atoms with Crippen molar-refractivity contribution in [3.8, 4) is 11.3 Å². The molecule has 0 saturated heterocycles. The van der Waals surface area contributed by atoms with Crippen LogP contribution in [-0.4, -0.2) is 28.0 Å². The third kappa shape index (κ3) is 2.07. The van der Waals surface area contributed by atoms with Crippen molar-refractivity contribution in [2.75, 3.05) is 17.6 Å². The minimum Gasteiger partial charge on any atom is -0.382 e. The van der Waals surface area contributed by atoms with Gasteiger partial charge in [-0.1, -0.05) is 30.3 Å². The summed E-state index contributed by atoms with van der Waals surface area (Å²) in [5.74, 6) is 1.01. The maximum Gasteiger partial charge on any atom is 0.155 e. The summed E-state index contributed by atoms with van der Waals surface area (Å²) >= 11 is 0. The summed E-state index contributed by atoms with van der Waals surface area (Å²) in [6.07, 6.45) is 0.787. The van der Waals surface area contributed by atoms with E-state index in [-0.39, 0.29) is 6.54 Å². The van der Waals surface area contributed by atoms with Gasteiger partial charge in [0, 0.05) is 11.6 Å². The van der Waals surface area contributed by atoms with Gasteiger partial charge in [-0.3, -0.25) is 5.10 Å². The largest absolute Gasteiger partial charge is 0.382 e. The summed E-state index contributed by atoms with van der Waals surface area (Å²) in [5, 5.41) is 10.6. The van der Waals surface area contributed by atoms with Crippen LogP contribution in [0.3, 0.4) is 0 Å². The van der Waals surface area contributed by atoms with Crippen LogP contribution < -0.4 is 11.1 Å². The Kier molecular flexibility index (Phi) is 3.04. The van der Waals surface area contributed by atoms with E-state index in [0.717, 1.165) is 28.4 Å². The first-order valence-corrected chi connectivity index (χ1v) is 6.17. The number of aromatic amines is 1. The molecule has 0 bridgehead atoms. The highest BCUT2D eigenvalue weighted by molar-refractivity contribution is 6.01. The summed E-state index contributed by atoms with van der Waals surface area (Å²) in [4.78, 5) is 15.0. The number of anilines is 2. The number of rotatable bonds is 4. The first-order valence-electron chi connectivity index (χ1n) is 6.17. The number of fused-ring (bicyclic) bond motifs is 1. The van der Waals surface area contributed by atoms with Gasteiger partial charge in [0.2, 0.25) is 0 Å². The Bertz CT molecular complexity index is 751. The van der Waals surface area contributed by atoms with Crippen molar-refractivity contribution in [3.05, 3.63) is 36.4 Å². The number of aromatic nitrogens is 3. The number of nitrogens with one attached hydrogen (secondary N) is 2. The van der Waals surface area contributed by atoms with Gasteiger partial charge in [0.25, 0.3) is 0 Å². The van der Waals surface area contributed by atoms with E-state index in [4.69, 9.17) is 5.73 Å². The lowest BCUT2D eigenvalue weighted by molar-refractivity contribution is -0.106. The fraction of sp³-hybridized carbons (Fsp3) is 0.0714. The minimum atomic E-state index is 0.205. The third-order valence-corrected chi connectivity index (χ3v) is 2.99. The van der Waals surface area contributed by atoms with Crippen molar-refractivity contribution in [1.29, 1.82) is 0 Å². The highest BCUT2D eigenvalue weighted by Gasteiger charge is 2.13. The van der Waals surface area contributed by atoms with E-state index in [0.29, 0.717) is 11.6 Å². The predicted molar refractivity (Wildman–Crippen MR) is 78.3 cm³/mol. The number of aldehydes is 1. The molecule has 0 aliphatic carbocycles. The van der Waals surface area contributed by atoms with Crippen molar-refractivity contribution in [1.82, 2.24) is 15.2 Å². The maximum absolute atomic E-state index is 10.5. The Labute approximate surface area is 115 Å². The van der Waals surface area contributed by atoms with Crippen molar-refractivity contribution in [2.24, 2.45) is 0 Å². The van der Waals surface area contributed by atoms with E-state index in [9.17, 15) is 4.79 Å². The molecule has 0 radical (unpaired) electrons. The number of hydrogen-bond acceptors (Lipinski definition) is 5. The topological polar surface area (TPSA) is 96.7 Å². The number of H-pyrrole nitrogens is 1. The van der Waals surface area contributed by atoms with Gasteiger partial charge < -0.3 is 15.8 Å². The van der Waals surface area contributed by atoms with E-state index >= 15 is 0 Å². The SMILES string of the molecule is Nc1n[nH]c2cc(NCC=O)nc(-c3ccccc3)c12. The van der Waals surface area contributed by atoms with Crippen LogP contribution in [0.5, 0.6) is 0 Å². The van der Waals surface area contributed by atoms with Crippen LogP contribution in [0, 0.1) is 0 Å². The molecule has 0 unspecified atom stereocenters. The molecule has 2 heterocycles. The predicted octanol–water partition coefficient (Wildman–Crippen LogP) is 1.82. The number of hydrogen-bond donors (Lipinski definition) is 3. The summed E-state index contributed by atoms with van der Waals surface area (Å²) in [5.41, 5.74) is 8.37. The highest BCUT2D eigenvalue weighted by Crippen LogP contribution is 2.31. The maximum atomic E-state index is 10.5. The zero-order valence-corrected chi connectivity index (χ0v) is 10.6. The van der Waals surface area contributed by atoms with Crippen molar-refractivity contribution < 1.29 is 4.79 Å². The fourth-order valence-corrected chi connectivity index (χ4v) is 2.11. The second-order valence-electron chi connectivity index (χ2n) is 4.30.